The minimum Gasteiger partial charge on any atom is -0.369 e. The molecule has 1 N–H and O–H groups in total. The van der Waals surface area contributed by atoms with Gasteiger partial charge in [-0.3, -0.25) is 0 Å². The van der Waals surface area contributed by atoms with E-state index >= 15 is 0 Å². The summed E-state index contributed by atoms with van der Waals surface area (Å²) in [5.74, 6) is 0.991. The van der Waals surface area contributed by atoms with E-state index in [1.807, 2.05) is 0 Å². The van der Waals surface area contributed by atoms with Crippen molar-refractivity contribution in [2.45, 2.75) is 60.3 Å². The lowest BCUT2D eigenvalue weighted by Gasteiger charge is -2.25. The molecule has 0 fully saturated rings. The Kier molecular flexibility index (Phi) is 5.20. The van der Waals surface area contributed by atoms with Gasteiger partial charge in [0.15, 0.2) is 0 Å². The second-order valence-electron chi connectivity index (χ2n) is 6.66. The summed E-state index contributed by atoms with van der Waals surface area (Å²) in [6.45, 7) is 12.2. The quantitative estimate of drug-likeness (QED) is 0.703. The Morgan fingerprint density at radius 3 is 2.67 bits per heavy atom. The van der Waals surface area contributed by atoms with E-state index < -0.39 is 0 Å². The number of rotatable bonds is 7. The zero-order chi connectivity index (χ0) is 15.5. The van der Waals surface area contributed by atoms with Gasteiger partial charge in [0, 0.05) is 11.4 Å². The van der Waals surface area contributed by atoms with Crippen LogP contribution in [0.1, 0.15) is 56.9 Å². The molecule has 0 aliphatic rings. The topological polar surface area (TPSA) is 37.8 Å². The van der Waals surface area contributed by atoms with Crippen molar-refractivity contribution in [2.75, 3.05) is 11.9 Å². The summed E-state index contributed by atoms with van der Waals surface area (Å²) >= 11 is 1.75. The molecule has 0 unspecified atom stereocenters. The third kappa shape index (κ3) is 3.94. The van der Waals surface area contributed by atoms with Gasteiger partial charge in [-0.05, 0) is 31.2 Å². The Labute approximate surface area is 132 Å². The summed E-state index contributed by atoms with van der Waals surface area (Å²) < 4.78 is 0. The first kappa shape index (κ1) is 16.2. The molecule has 0 atom stereocenters. The Morgan fingerprint density at radius 2 is 1.95 bits per heavy atom. The molecule has 0 aromatic carbocycles. The van der Waals surface area contributed by atoms with Crippen molar-refractivity contribution in [3.05, 3.63) is 16.8 Å². The lowest BCUT2D eigenvalue weighted by Crippen LogP contribution is -2.23. The number of aromatic nitrogens is 2. The van der Waals surface area contributed by atoms with E-state index in [-0.39, 0.29) is 0 Å². The number of hydrogen-bond donors (Lipinski definition) is 1. The van der Waals surface area contributed by atoms with Crippen molar-refractivity contribution in [1.82, 2.24) is 9.97 Å². The van der Waals surface area contributed by atoms with E-state index in [4.69, 9.17) is 0 Å². The minimum absolute atomic E-state index is 0.297. The molecule has 0 aliphatic heterocycles. The molecule has 0 spiro atoms. The number of nitrogens with one attached hydrogen (secondary N) is 1. The number of fused-ring (bicyclic) bond motifs is 1. The highest BCUT2D eigenvalue weighted by Gasteiger charge is 2.19. The van der Waals surface area contributed by atoms with Gasteiger partial charge < -0.3 is 5.32 Å². The first-order valence-electron chi connectivity index (χ1n) is 7.89. The molecule has 116 valence electrons. The molecule has 4 heteroatoms. The van der Waals surface area contributed by atoms with Gasteiger partial charge in [0.1, 0.15) is 17.0 Å². The largest absolute Gasteiger partial charge is 0.369 e. The van der Waals surface area contributed by atoms with Crippen molar-refractivity contribution >= 4 is 27.4 Å². The normalized spacial score (nSPS) is 12.0. The molecule has 0 radical (unpaired) electrons. The van der Waals surface area contributed by atoms with Crippen molar-refractivity contribution < 1.29 is 0 Å². The summed E-state index contributed by atoms with van der Waals surface area (Å²) in [4.78, 5) is 11.3. The maximum Gasteiger partial charge on any atom is 0.138 e. The molecular formula is C17H27N3S. The smallest absolute Gasteiger partial charge is 0.138 e. The van der Waals surface area contributed by atoms with Crippen LogP contribution >= 0.6 is 11.3 Å². The van der Waals surface area contributed by atoms with Crippen LogP contribution in [0.2, 0.25) is 0 Å². The van der Waals surface area contributed by atoms with Gasteiger partial charge in [-0.25, -0.2) is 9.97 Å². The molecule has 0 saturated heterocycles. The van der Waals surface area contributed by atoms with Gasteiger partial charge in [-0.1, -0.05) is 40.0 Å². The maximum atomic E-state index is 4.47. The van der Waals surface area contributed by atoms with E-state index in [0.717, 1.165) is 17.2 Å². The van der Waals surface area contributed by atoms with E-state index in [9.17, 15) is 0 Å². The number of hydrogen-bond acceptors (Lipinski definition) is 4. The van der Waals surface area contributed by atoms with E-state index in [0.29, 0.717) is 5.41 Å². The van der Waals surface area contributed by atoms with Crippen LogP contribution in [0.4, 0.5) is 5.82 Å². The average Bonchev–Trinajstić information content (AvgIpc) is 2.73. The summed E-state index contributed by atoms with van der Waals surface area (Å²) in [5.41, 5.74) is 1.60. The highest BCUT2D eigenvalue weighted by atomic mass is 32.1. The van der Waals surface area contributed by atoms with Gasteiger partial charge in [-0.2, -0.15) is 0 Å². The fourth-order valence-electron chi connectivity index (χ4n) is 2.58. The Hall–Kier alpha value is -1.16. The van der Waals surface area contributed by atoms with Crippen molar-refractivity contribution in [1.29, 1.82) is 0 Å². The third-order valence-corrected chi connectivity index (χ3v) is 5.27. The molecule has 0 aliphatic carbocycles. The molecular weight excluding hydrogens is 278 g/mol. The molecule has 21 heavy (non-hydrogen) atoms. The van der Waals surface area contributed by atoms with Crippen LogP contribution in [0.3, 0.4) is 0 Å². The van der Waals surface area contributed by atoms with Crippen LogP contribution in [0.15, 0.2) is 6.33 Å². The van der Waals surface area contributed by atoms with E-state index in [1.54, 1.807) is 17.7 Å². The fourth-order valence-corrected chi connectivity index (χ4v) is 3.58. The molecule has 2 aromatic heterocycles. The van der Waals surface area contributed by atoms with Gasteiger partial charge in [0.05, 0.1) is 5.39 Å². The van der Waals surface area contributed by atoms with Crippen molar-refractivity contribution in [3.63, 3.8) is 0 Å². The number of aryl methyl sites for hydroxylation is 2. The lowest BCUT2D eigenvalue weighted by molar-refractivity contribution is 0.342. The number of nitrogens with zero attached hydrogens (tertiary/aromatic N) is 2. The average molecular weight is 305 g/mol. The monoisotopic (exact) mass is 305 g/mol. The molecule has 2 heterocycles. The minimum atomic E-state index is 0.297. The zero-order valence-corrected chi connectivity index (χ0v) is 14.7. The number of thiophene rings is 1. The predicted molar refractivity (Wildman–Crippen MR) is 93.3 cm³/mol. The van der Waals surface area contributed by atoms with Crippen LogP contribution in [0, 0.1) is 19.3 Å². The summed E-state index contributed by atoms with van der Waals surface area (Å²) in [6.07, 6.45) is 6.84. The number of unbranched alkanes of at least 4 members (excludes halogenated alkanes) is 2. The summed E-state index contributed by atoms with van der Waals surface area (Å²) in [5, 5.41) is 4.76. The maximum absolute atomic E-state index is 4.47. The Balaban J connectivity index is 2.10. The predicted octanol–water partition coefficient (Wildman–Crippen LogP) is 5.33. The molecule has 0 amide bonds. The van der Waals surface area contributed by atoms with Crippen LogP contribution in [0.5, 0.6) is 0 Å². The van der Waals surface area contributed by atoms with E-state index in [2.05, 4.69) is 49.9 Å². The first-order chi connectivity index (χ1) is 9.94. The van der Waals surface area contributed by atoms with Crippen molar-refractivity contribution in [2.24, 2.45) is 5.41 Å². The lowest BCUT2D eigenvalue weighted by atomic mass is 9.87. The van der Waals surface area contributed by atoms with Gasteiger partial charge in [0.25, 0.3) is 0 Å². The van der Waals surface area contributed by atoms with Crippen LogP contribution in [0.25, 0.3) is 10.2 Å². The summed E-state index contributed by atoms with van der Waals surface area (Å²) in [7, 11) is 0. The van der Waals surface area contributed by atoms with Gasteiger partial charge in [0.2, 0.25) is 0 Å². The Bertz CT molecular complexity index is 601. The highest BCUT2D eigenvalue weighted by Crippen LogP contribution is 2.33. The third-order valence-electron chi connectivity index (χ3n) is 4.16. The highest BCUT2D eigenvalue weighted by molar-refractivity contribution is 7.18. The van der Waals surface area contributed by atoms with Gasteiger partial charge in [-0.15, -0.1) is 11.3 Å². The van der Waals surface area contributed by atoms with E-state index in [1.165, 1.54) is 41.5 Å². The van der Waals surface area contributed by atoms with Crippen molar-refractivity contribution in [3.8, 4) is 0 Å². The standard InChI is InChI=1S/C17H27N3S/c1-6-7-8-9-17(4,5)10-18-15-14-12(2)13(3)21-16(14)20-11-19-15/h11H,6-10H2,1-5H3,(H,18,19,20). The van der Waals surface area contributed by atoms with Gasteiger partial charge >= 0.3 is 0 Å². The van der Waals surface area contributed by atoms with Crippen LogP contribution in [-0.4, -0.2) is 16.5 Å². The number of anilines is 1. The molecule has 2 rings (SSSR count). The Morgan fingerprint density at radius 1 is 1.19 bits per heavy atom. The first-order valence-corrected chi connectivity index (χ1v) is 8.71. The molecule has 3 nitrogen and oxygen atoms in total. The molecule has 0 saturated carbocycles. The SMILES string of the molecule is CCCCCC(C)(C)CNc1ncnc2sc(C)c(C)c12. The molecule has 2 aromatic rings. The van der Waals surface area contributed by atoms with Crippen LogP contribution < -0.4 is 5.32 Å². The summed E-state index contributed by atoms with van der Waals surface area (Å²) in [6, 6.07) is 0. The second kappa shape index (κ2) is 6.73. The fraction of sp³-hybridized carbons (Fsp3) is 0.647. The van der Waals surface area contributed by atoms with Crippen LogP contribution in [-0.2, 0) is 0 Å². The molecule has 0 bridgehead atoms. The second-order valence-corrected chi connectivity index (χ2v) is 7.86. The zero-order valence-electron chi connectivity index (χ0n) is 13.9.